The van der Waals surface area contributed by atoms with Gasteiger partial charge < -0.3 is 0 Å². The van der Waals surface area contributed by atoms with E-state index >= 15 is 0 Å². The van der Waals surface area contributed by atoms with Crippen molar-refractivity contribution in [3.8, 4) is 0 Å². The molecule has 25 heavy (non-hydrogen) atoms. The lowest BCUT2D eigenvalue weighted by molar-refractivity contribution is -0.384. The molecule has 7 nitrogen and oxygen atoms in total. The molecule has 0 atom stereocenters. The van der Waals surface area contributed by atoms with Gasteiger partial charge >= 0.3 is 0 Å². The Morgan fingerprint density at radius 2 is 1.76 bits per heavy atom. The molecule has 0 amide bonds. The predicted molar refractivity (Wildman–Crippen MR) is 100 cm³/mol. The van der Waals surface area contributed by atoms with Crippen molar-refractivity contribution in [2.45, 2.75) is 58.3 Å². The molecule has 0 aromatic heterocycles. The van der Waals surface area contributed by atoms with E-state index in [4.69, 9.17) is 0 Å². The van der Waals surface area contributed by atoms with Crippen LogP contribution in [-0.4, -0.2) is 25.3 Å². The van der Waals surface area contributed by atoms with Gasteiger partial charge in [0.2, 0.25) is 10.0 Å². The van der Waals surface area contributed by atoms with Crippen molar-refractivity contribution in [3.63, 3.8) is 0 Å². The highest BCUT2D eigenvalue weighted by Gasteiger charge is 2.08. The molecular weight excluding hydrogens is 342 g/mol. The molecule has 8 heteroatoms. The number of rotatable bonds is 13. The van der Waals surface area contributed by atoms with Crippen molar-refractivity contribution in [1.82, 2.24) is 4.83 Å². The number of hydrogen-bond donors (Lipinski definition) is 1. The van der Waals surface area contributed by atoms with E-state index in [2.05, 4.69) is 16.9 Å². The second-order valence-corrected chi connectivity index (χ2v) is 7.82. The van der Waals surface area contributed by atoms with E-state index in [1.807, 2.05) is 0 Å². The van der Waals surface area contributed by atoms with Crippen LogP contribution in [0.3, 0.4) is 0 Å². The fraction of sp³-hybridized carbons (Fsp3) is 0.588. The average molecular weight is 369 g/mol. The number of sulfonamides is 1. The van der Waals surface area contributed by atoms with Gasteiger partial charge in [0, 0.05) is 17.7 Å². The summed E-state index contributed by atoms with van der Waals surface area (Å²) >= 11 is 0. The maximum atomic E-state index is 11.8. The smallest absolute Gasteiger partial charge is 0.258 e. The second-order valence-electron chi connectivity index (χ2n) is 6.00. The van der Waals surface area contributed by atoms with Crippen LogP contribution < -0.4 is 4.83 Å². The summed E-state index contributed by atoms with van der Waals surface area (Å²) in [5, 5.41) is 14.4. The molecule has 0 saturated heterocycles. The summed E-state index contributed by atoms with van der Waals surface area (Å²) in [6, 6.07) is 5.83. The van der Waals surface area contributed by atoms with Gasteiger partial charge in [-0.25, -0.2) is 13.2 Å². The first-order chi connectivity index (χ1) is 11.9. The topological polar surface area (TPSA) is 102 Å². The van der Waals surface area contributed by atoms with Crippen LogP contribution in [0, 0.1) is 10.1 Å². The first kappa shape index (κ1) is 21.1. The van der Waals surface area contributed by atoms with E-state index in [0.717, 1.165) is 19.3 Å². The van der Waals surface area contributed by atoms with E-state index in [0.29, 0.717) is 12.0 Å². The van der Waals surface area contributed by atoms with Crippen LogP contribution in [0.5, 0.6) is 0 Å². The molecule has 1 aromatic rings. The SMILES string of the molecule is CCCCCCCCCCS(=O)(=O)N/N=C\c1cccc([N+](=O)[O-])c1. The van der Waals surface area contributed by atoms with Crippen LogP contribution in [0.4, 0.5) is 5.69 Å². The lowest BCUT2D eigenvalue weighted by Gasteiger charge is -2.04. The van der Waals surface area contributed by atoms with Gasteiger partial charge in [0.25, 0.3) is 5.69 Å². The number of non-ortho nitro benzene ring substituents is 1. The molecule has 140 valence electrons. The molecule has 0 saturated carbocycles. The van der Waals surface area contributed by atoms with Crippen molar-refractivity contribution in [2.75, 3.05) is 5.75 Å². The number of nitro groups is 1. The van der Waals surface area contributed by atoms with Crippen LogP contribution >= 0.6 is 0 Å². The van der Waals surface area contributed by atoms with Gasteiger partial charge in [-0.1, -0.05) is 64.0 Å². The van der Waals surface area contributed by atoms with E-state index in [1.165, 1.54) is 50.1 Å². The summed E-state index contributed by atoms with van der Waals surface area (Å²) in [5.74, 6) is 0.0359. The Morgan fingerprint density at radius 3 is 2.40 bits per heavy atom. The molecule has 0 bridgehead atoms. The summed E-state index contributed by atoms with van der Waals surface area (Å²) in [6.45, 7) is 2.18. The highest BCUT2D eigenvalue weighted by Crippen LogP contribution is 2.11. The molecule has 0 heterocycles. The molecule has 0 aliphatic rings. The van der Waals surface area contributed by atoms with Gasteiger partial charge in [-0.3, -0.25) is 10.1 Å². The minimum atomic E-state index is -3.46. The maximum Gasteiger partial charge on any atom is 0.270 e. The Labute approximate surface area is 149 Å². The van der Waals surface area contributed by atoms with Crippen molar-refractivity contribution in [3.05, 3.63) is 39.9 Å². The molecule has 0 unspecified atom stereocenters. The fourth-order valence-corrected chi connectivity index (χ4v) is 3.26. The molecular formula is C17H27N3O4S. The summed E-state index contributed by atoms with van der Waals surface area (Å²) in [6.07, 6.45) is 9.92. The van der Waals surface area contributed by atoms with Crippen molar-refractivity contribution >= 4 is 21.9 Å². The third kappa shape index (κ3) is 9.81. The number of unbranched alkanes of at least 4 members (excludes halogenated alkanes) is 7. The van der Waals surface area contributed by atoms with Crippen molar-refractivity contribution < 1.29 is 13.3 Å². The summed E-state index contributed by atoms with van der Waals surface area (Å²) in [4.78, 5) is 12.3. The highest BCUT2D eigenvalue weighted by atomic mass is 32.2. The molecule has 0 radical (unpaired) electrons. The van der Waals surface area contributed by atoms with Crippen LogP contribution in [0.15, 0.2) is 29.4 Å². The van der Waals surface area contributed by atoms with E-state index in [-0.39, 0.29) is 11.4 Å². The van der Waals surface area contributed by atoms with Gasteiger partial charge in [0.15, 0.2) is 0 Å². The fourth-order valence-electron chi connectivity index (χ4n) is 2.37. The molecule has 1 aromatic carbocycles. The monoisotopic (exact) mass is 369 g/mol. The zero-order valence-corrected chi connectivity index (χ0v) is 15.5. The molecule has 0 aliphatic carbocycles. The predicted octanol–water partition coefficient (Wildman–Crippen LogP) is 3.99. The second kappa shape index (κ2) is 11.6. The Hall–Kier alpha value is -1.96. The van der Waals surface area contributed by atoms with Crippen molar-refractivity contribution in [2.24, 2.45) is 5.10 Å². The Morgan fingerprint density at radius 1 is 1.12 bits per heavy atom. The third-order valence-corrected chi connectivity index (χ3v) is 4.96. The lowest BCUT2D eigenvalue weighted by Crippen LogP contribution is -2.21. The highest BCUT2D eigenvalue weighted by molar-refractivity contribution is 7.89. The first-order valence-corrected chi connectivity index (χ1v) is 10.4. The van der Waals surface area contributed by atoms with Crippen LogP contribution in [-0.2, 0) is 10.0 Å². The van der Waals surface area contributed by atoms with Crippen LogP contribution in [0.2, 0.25) is 0 Å². The average Bonchev–Trinajstić information content (AvgIpc) is 2.57. The zero-order chi connectivity index (χ0) is 18.5. The number of nitrogens with zero attached hydrogens (tertiary/aromatic N) is 2. The Kier molecular flexibility index (Phi) is 9.76. The summed E-state index contributed by atoms with van der Waals surface area (Å²) < 4.78 is 23.7. The van der Waals surface area contributed by atoms with Gasteiger partial charge in [-0.15, -0.1) is 0 Å². The number of nitro benzene ring substituents is 1. The minimum Gasteiger partial charge on any atom is -0.258 e. The number of hydrazone groups is 1. The zero-order valence-electron chi connectivity index (χ0n) is 14.7. The van der Waals surface area contributed by atoms with E-state index in [9.17, 15) is 18.5 Å². The largest absolute Gasteiger partial charge is 0.270 e. The van der Waals surface area contributed by atoms with E-state index in [1.54, 1.807) is 6.07 Å². The van der Waals surface area contributed by atoms with Crippen LogP contribution in [0.25, 0.3) is 0 Å². The molecule has 0 spiro atoms. The molecule has 0 fully saturated rings. The number of nitrogens with one attached hydrogen (secondary N) is 1. The standard InChI is InChI=1S/C17H27N3O4S/c1-2-3-4-5-6-7-8-9-13-25(23,24)19-18-15-16-11-10-12-17(14-16)20(21)22/h10-12,14-15,19H,2-9,13H2,1H3/b18-15-. The van der Waals surface area contributed by atoms with Crippen molar-refractivity contribution in [1.29, 1.82) is 0 Å². The molecule has 1 N–H and O–H groups in total. The normalized spacial score (nSPS) is 11.7. The quantitative estimate of drug-likeness (QED) is 0.246. The number of hydrogen-bond acceptors (Lipinski definition) is 5. The first-order valence-electron chi connectivity index (χ1n) is 8.71. The lowest BCUT2D eigenvalue weighted by atomic mass is 10.1. The molecule has 0 aliphatic heterocycles. The van der Waals surface area contributed by atoms with Crippen LogP contribution in [0.1, 0.15) is 63.9 Å². The van der Waals surface area contributed by atoms with Gasteiger partial charge in [-0.2, -0.15) is 5.10 Å². The Bertz CT molecular complexity index is 660. The summed E-state index contributed by atoms with van der Waals surface area (Å²) in [5.41, 5.74) is 0.398. The minimum absolute atomic E-state index is 0.0359. The molecule has 1 rings (SSSR count). The Balaban J connectivity index is 2.28. The summed E-state index contributed by atoms with van der Waals surface area (Å²) in [7, 11) is -3.46. The van der Waals surface area contributed by atoms with Gasteiger partial charge in [0.1, 0.15) is 0 Å². The maximum absolute atomic E-state index is 11.8. The van der Waals surface area contributed by atoms with E-state index < -0.39 is 14.9 Å². The van der Waals surface area contributed by atoms with Gasteiger partial charge in [0.05, 0.1) is 16.9 Å². The number of benzene rings is 1. The third-order valence-electron chi connectivity index (χ3n) is 3.75. The van der Waals surface area contributed by atoms with Gasteiger partial charge in [-0.05, 0) is 6.42 Å².